The number of fused-ring (bicyclic) bond motifs is 1. The lowest BCUT2D eigenvalue weighted by atomic mass is 9.80. The van der Waals surface area contributed by atoms with Gasteiger partial charge in [0.05, 0.1) is 5.56 Å². The summed E-state index contributed by atoms with van der Waals surface area (Å²) in [5.41, 5.74) is 0.106. The van der Waals surface area contributed by atoms with Crippen LogP contribution in [0, 0.1) is 16.7 Å². The zero-order valence-corrected chi connectivity index (χ0v) is 11.9. The van der Waals surface area contributed by atoms with Crippen molar-refractivity contribution in [3.63, 3.8) is 0 Å². The maximum atomic E-state index is 11.5. The van der Waals surface area contributed by atoms with Gasteiger partial charge < -0.3 is 10.2 Å². The number of carbonyl (C=O) groups excluding carboxylic acids is 1. The number of nitrogens with zero attached hydrogens (tertiary/aromatic N) is 1. The number of aliphatic hydroxyl groups excluding tert-OH is 1. The van der Waals surface area contributed by atoms with Crippen LogP contribution in [-0.4, -0.2) is 22.0 Å². The highest BCUT2D eigenvalue weighted by molar-refractivity contribution is 6.00. The Labute approximate surface area is 127 Å². The fourth-order valence-corrected chi connectivity index (χ4v) is 2.92. The lowest BCUT2D eigenvalue weighted by molar-refractivity contribution is -0.120. The van der Waals surface area contributed by atoms with Gasteiger partial charge in [-0.2, -0.15) is 0 Å². The molecule has 0 saturated heterocycles. The van der Waals surface area contributed by atoms with Gasteiger partial charge in [0, 0.05) is 11.8 Å². The largest absolute Gasteiger partial charge is 0.509 e. The lowest BCUT2D eigenvalue weighted by Crippen LogP contribution is -2.21. The van der Waals surface area contributed by atoms with E-state index in [0.717, 1.165) is 25.7 Å². The number of carbonyl (C=O) groups is 2. The monoisotopic (exact) mass is 303 g/mol. The smallest absolute Gasteiger partial charge is 0.335 e. The zero-order valence-electron chi connectivity index (χ0n) is 11.9. The first-order valence-electron chi connectivity index (χ1n) is 7.15. The summed E-state index contributed by atoms with van der Waals surface area (Å²) in [6.07, 6.45) is 3.62. The molecule has 1 aromatic carbocycles. The molecule has 0 radical (unpaired) electrons. The molecular weight excluding hydrogens is 286 g/mol. The number of allylic oxidation sites excluding steroid dienone is 2. The topological polar surface area (TPSA) is 104 Å². The number of Topliss-reactive ketones (excluding diaryl/α,β-unsaturated/α-hetero) is 1. The first kappa shape index (κ1) is 15.9. The summed E-state index contributed by atoms with van der Waals surface area (Å²) >= 11 is 0. The number of rotatable bonds is 2. The molecule has 6 nitrogen and oxygen atoms in total. The second kappa shape index (κ2) is 6.98. The SMILES string of the molecule is O=C(O)c1ccccc1.O=NC1=C(O)C2CCCCC2C1=O. The standard InChI is InChI=1S/C9H11NO3.C7H6O2/c11-8-5-3-1-2-4-6(5)9(12)7(8)10-13;8-7(9)6-4-2-1-3-5-6/h5-6,11H,1-4H2;1-5H,(H,8,9). The Morgan fingerprint density at radius 2 is 1.68 bits per heavy atom. The van der Waals surface area contributed by atoms with Crippen LogP contribution >= 0.6 is 0 Å². The summed E-state index contributed by atoms with van der Waals surface area (Å²) in [6.45, 7) is 0. The molecule has 2 aliphatic carbocycles. The molecule has 0 aromatic heterocycles. The second-order valence-electron chi connectivity index (χ2n) is 5.36. The average Bonchev–Trinajstić information content (AvgIpc) is 2.80. The molecule has 0 aliphatic heterocycles. The summed E-state index contributed by atoms with van der Waals surface area (Å²) in [6, 6.07) is 8.30. The minimum Gasteiger partial charge on any atom is -0.509 e. The van der Waals surface area contributed by atoms with Crippen LogP contribution in [0.3, 0.4) is 0 Å². The number of nitroso groups, excluding NO2 is 1. The van der Waals surface area contributed by atoms with Crippen LogP contribution in [-0.2, 0) is 4.79 Å². The van der Waals surface area contributed by atoms with Crippen molar-refractivity contribution < 1.29 is 19.8 Å². The predicted octanol–water partition coefficient (Wildman–Crippen LogP) is 3.30. The number of benzene rings is 1. The molecule has 3 rings (SSSR count). The van der Waals surface area contributed by atoms with Crippen LogP contribution in [0.15, 0.2) is 47.0 Å². The Bertz CT molecular complexity index is 608. The van der Waals surface area contributed by atoms with E-state index in [1.807, 2.05) is 0 Å². The molecule has 1 fully saturated rings. The van der Waals surface area contributed by atoms with Gasteiger partial charge in [-0.1, -0.05) is 31.0 Å². The molecule has 2 N–H and O–H groups in total. The van der Waals surface area contributed by atoms with E-state index < -0.39 is 5.97 Å². The van der Waals surface area contributed by atoms with Gasteiger partial charge in [-0.25, -0.2) is 4.79 Å². The zero-order chi connectivity index (χ0) is 16.1. The Kier molecular flexibility index (Phi) is 5.04. The van der Waals surface area contributed by atoms with Crippen LogP contribution in [0.5, 0.6) is 0 Å². The number of hydrogen-bond donors (Lipinski definition) is 2. The third kappa shape index (κ3) is 3.21. The normalized spacial score (nSPS) is 23.4. The highest BCUT2D eigenvalue weighted by Gasteiger charge is 2.44. The maximum absolute atomic E-state index is 11.5. The molecule has 2 aliphatic rings. The third-order valence-corrected chi connectivity index (χ3v) is 4.04. The van der Waals surface area contributed by atoms with Gasteiger partial charge in [-0.15, -0.1) is 4.91 Å². The van der Waals surface area contributed by atoms with Crippen molar-refractivity contribution >= 4 is 11.8 Å². The number of aliphatic hydroxyl groups is 1. The summed E-state index contributed by atoms with van der Waals surface area (Å²) in [5.74, 6) is -1.48. The molecule has 1 aromatic rings. The number of carboxylic acids is 1. The molecule has 116 valence electrons. The fourth-order valence-electron chi connectivity index (χ4n) is 2.92. The number of ketones is 1. The molecular formula is C16H17NO5. The average molecular weight is 303 g/mol. The van der Waals surface area contributed by atoms with Gasteiger partial charge in [0.1, 0.15) is 5.76 Å². The summed E-state index contributed by atoms with van der Waals surface area (Å²) in [7, 11) is 0. The van der Waals surface area contributed by atoms with Crippen molar-refractivity contribution in [3.05, 3.63) is 52.3 Å². The van der Waals surface area contributed by atoms with Crippen LogP contribution in [0.4, 0.5) is 0 Å². The van der Waals surface area contributed by atoms with Crippen molar-refractivity contribution in [2.24, 2.45) is 17.0 Å². The van der Waals surface area contributed by atoms with Crippen LogP contribution in [0.2, 0.25) is 0 Å². The predicted molar refractivity (Wildman–Crippen MR) is 79.3 cm³/mol. The maximum Gasteiger partial charge on any atom is 0.335 e. The van der Waals surface area contributed by atoms with E-state index in [0.29, 0.717) is 5.56 Å². The molecule has 6 heteroatoms. The molecule has 2 unspecified atom stereocenters. The fraction of sp³-hybridized carbons (Fsp3) is 0.375. The summed E-state index contributed by atoms with van der Waals surface area (Å²) in [5, 5.41) is 20.5. The lowest BCUT2D eigenvalue weighted by Gasteiger charge is -2.23. The van der Waals surface area contributed by atoms with Crippen molar-refractivity contribution in [2.45, 2.75) is 25.7 Å². The van der Waals surface area contributed by atoms with E-state index in [1.165, 1.54) is 0 Å². The minimum absolute atomic E-state index is 0.0651. The van der Waals surface area contributed by atoms with E-state index >= 15 is 0 Å². The van der Waals surface area contributed by atoms with Gasteiger partial charge in [0.15, 0.2) is 11.5 Å². The molecule has 0 bridgehead atoms. The van der Waals surface area contributed by atoms with Crippen LogP contribution in [0.25, 0.3) is 0 Å². The molecule has 0 spiro atoms. The van der Waals surface area contributed by atoms with Gasteiger partial charge in [0.25, 0.3) is 0 Å². The molecule has 1 saturated carbocycles. The van der Waals surface area contributed by atoms with Gasteiger partial charge in [0.2, 0.25) is 0 Å². The summed E-state index contributed by atoms with van der Waals surface area (Å²) < 4.78 is 0. The van der Waals surface area contributed by atoms with Crippen molar-refractivity contribution in [2.75, 3.05) is 0 Å². The number of carboxylic acid groups (broad SMARTS) is 1. The number of aromatic carboxylic acids is 1. The first-order valence-corrected chi connectivity index (χ1v) is 7.15. The molecule has 0 heterocycles. The Hall–Kier alpha value is -2.50. The highest BCUT2D eigenvalue weighted by Crippen LogP contribution is 2.42. The van der Waals surface area contributed by atoms with Crippen LogP contribution in [0.1, 0.15) is 36.0 Å². The Balaban J connectivity index is 0.000000172. The minimum atomic E-state index is -0.879. The van der Waals surface area contributed by atoms with E-state index in [4.69, 9.17) is 5.11 Å². The summed E-state index contributed by atoms with van der Waals surface area (Å²) in [4.78, 5) is 32.0. The molecule has 2 atom stereocenters. The Morgan fingerprint density at radius 3 is 2.14 bits per heavy atom. The van der Waals surface area contributed by atoms with E-state index in [-0.39, 0.29) is 29.1 Å². The second-order valence-corrected chi connectivity index (χ2v) is 5.36. The third-order valence-electron chi connectivity index (χ3n) is 4.04. The quantitative estimate of drug-likeness (QED) is 0.816. The van der Waals surface area contributed by atoms with Crippen LogP contribution < -0.4 is 0 Å². The van der Waals surface area contributed by atoms with Crippen molar-refractivity contribution in [1.29, 1.82) is 0 Å². The Morgan fingerprint density at radius 1 is 1.09 bits per heavy atom. The van der Waals surface area contributed by atoms with Crippen molar-refractivity contribution in [1.82, 2.24) is 0 Å². The van der Waals surface area contributed by atoms with E-state index in [9.17, 15) is 19.6 Å². The van der Waals surface area contributed by atoms with E-state index in [1.54, 1.807) is 30.3 Å². The van der Waals surface area contributed by atoms with Gasteiger partial charge >= 0.3 is 5.97 Å². The van der Waals surface area contributed by atoms with E-state index in [2.05, 4.69) is 5.18 Å². The van der Waals surface area contributed by atoms with Gasteiger partial charge in [-0.05, 0) is 30.2 Å². The van der Waals surface area contributed by atoms with Gasteiger partial charge in [-0.3, -0.25) is 4.79 Å². The first-order chi connectivity index (χ1) is 10.6. The highest BCUT2D eigenvalue weighted by atomic mass is 16.4. The van der Waals surface area contributed by atoms with Crippen molar-refractivity contribution in [3.8, 4) is 0 Å². The molecule has 22 heavy (non-hydrogen) atoms. The number of hydrogen-bond acceptors (Lipinski definition) is 5. The molecule has 0 amide bonds.